The number of likely N-dealkylation sites (N-methyl/N-ethyl adjacent to an activating group) is 1. The normalized spacial score (nSPS) is 20.3. The van der Waals surface area contributed by atoms with Gasteiger partial charge in [-0.3, -0.25) is 4.90 Å². The van der Waals surface area contributed by atoms with Gasteiger partial charge in [0.2, 0.25) is 5.95 Å². The zero-order valence-electron chi connectivity index (χ0n) is 18.7. The van der Waals surface area contributed by atoms with Crippen LogP contribution in [0.5, 0.6) is 0 Å². The van der Waals surface area contributed by atoms with Crippen molar-refractivity contribution in [3.05, 3.63) is 60.3 Å². The third-order valence-electron chi connectivity index (χ3n) is 6.61. The molecule has 6 nitrogen and oxygen atoms in total. The lowest BCUT2D eigenvalue weighted by atomic mass is 10.1. The van der Waals surface area contributed by atoms with E-state index in [9.17, 15) is 0 Å². The molecule has 3 aromatic rings. The molecule has 1 aromatic heterocycles. The van der Waals surface area contributed by atoms with Crippen molar-refractivity contribution in [2.45, 2.75) is 25.4 Å². The van der Waals surface area contributed by atoms with Crippen molar-refractivity contribution in [3.8, 4) is 11.3 Å². The first-order chi connectivity index (χ1) is 15.0. The van der Waals surface area contributed by atoms with Gasteiger partial charge < -0.3 is 15.1 Å². The number of fused-ring (bicyclic) bond motifs is 2. The molecule has 0 saturated carbocycles. The van der Waals surface area contributed by atoms with Gasteiger partial charge in [-0.25, -0.2) is 9.97 Å². The van der Waals surface area contributed by atoms with Crippen molar-refractivity contribution in [1.82, 2.24) is 14.9 Å². The number of likely N-dealkylation sites (tertiary alicyclic amines) is 1. The molecule has 0 spiro atoms. The van der Waals surface area contributed by atoms with Crippen LogP contribution in [-0.4, -0.2) is 61.2 Å². The molecule has 2 atom stereocenters. The number of piperazine rings is 1. The van der Waals surface area contributed by atoms with Crippen LogP contribution in [0.1, 0.15) is 12.0 Å². The average Bonchev–Trinajstić information content (AvgIpc) is 3.34. The fraction of sp³-hybridized carbons (Fsp3) is 0.360. The first-order valence-electron chi connectivity index (χ1n) is 10.9. The number of benzene rings is 2. The van der Waals surface area contributed by atoms with Gasteiger partial charge in [0.1, 0.15) is 0 Å². The fourth-order valence-corrected chi connectivity index (χ4v) is 4.86. The Morgan fingerprint density at radius 2 is 1.81 bits per heavy atom. The Morgan fingerprint density at radius 1 is 1.00 bits per heavy atom. The first-order valence-corrected chi connectivity index (χ1v) is 10.9. The Bertz CT molecular complexity index is 1080. The summed E-state index contributed by atoms with van der Waals surface area (Å²) in [6.07, 6.45) is 3.09. The summed E-state index contributed by atoms with van der Waals surface area (Å²) in [7, 11) is 6.33. The molecule has 2 unspecified atom stereocenters. The molecule has 2 aromatic carbocycles. The number of nitrogens with one attached hydrogen (secondary N) is 1. The Morgan fingerprint density at radius 3 is 2.45 bits per heavy atom. The average molecular weight is 415 g/mol. The highest BCUT2D eigenvalue weighted by molar-refractivity contribution is 5.67. The number of nitrogens with zero attached hydrogens (tertiary/aromatic N) is 5. The van der Waals surface area contributed by atoms with Crippen LogP contribution in [0.25, 0.3) is 11.3 Å². The molecule has 2 bridgehead atoms. The summed E-state index contributed by atoms with van der Waals surface area (Å²) in [6.45, 7) is 4.49. The number of anilines is 4. The lowest BCUT2D eigenvalue weighted by molar-refractivity contribution is 0.292. The predicted octanol–water partition coefficient (Wildman–Crippen LogP) is 4.15. The Labute approximate surface area is 184 Å². The minimum absolute atomic E-state index is 0.614. The topological polar surface area (TPSA) is 47.5 Å². The van der Waals surface area contributed by atoms with E-state index in [1.54, 1.807) is 0 Å². The van der Waals surface area contributed by atoms with Crippen LogP contribution in [0.15, 0.2) is 54.7 Å². The lowest BCUT2D eigenvalue weighted by Crippen LogP contribution is -2.44. The highest BCUT2D eigenvalue weighted by Crippen LogP contribution is 2.36. The van der Waals surface area contributed by atoms with Gasteiger partial charge in [-0.1, -0.05) is 12.1 Å². The smallest absolute Gasteiger partial charge is 0.227 e. The van der Waals surface area contributed by atoms with Crippen LogP contribution >= 0.6 is 0 Å². The second kappa shape index (κ2) is 7.85. The van der Waals surface area contributed by atoms with Crippen molar-refractivity contribution in [1.29, 1.82) is 0 Å². The van der Waals surface area contributed by atoms with Gasteiger partial charge in [0, 0.05) is 68.1 Å². The summed E-state index contributed by atoms with van der Waals surface area (Å²) in [6, 6.07) is 18.3. The molecule has 0 amide bonds. The van der Waals surface area contributed by atoms with Crippen molar-refractivity contribution < 1.29 is 0 Å². The minimum Gasteiger partial charge on any atom is -0.378 e. The van der Waals surface area contributed by atoms with Crippen molar-refractivity contribution in [3.63, 3.8) is 0 Å². The Kier molecular flexibility index (Phi) is 5.02. The maximum atomic E-state index is 4.73. The third-order valence-corrected chi connectivity index (χ3v) is 6.61. The summed E-state index contributed by atoms with van der Waals surface area (Å²) >= 11 is 0. The van der Waals surface area contributed by atoms with Gasteiger partial charge in [0.25, 0.3) is 0 Å². The SMILES string of the molecule is Cc1cc(Nc2nccc(-c3ccc(N(C)C)cc3)n2)ccc1N1CC2CC1CN2C. The second-order valence-electron chi connectivity index (χ2n) is 8.97. The standard InChI is InChI=1S/C25H30N6/c1-17-13-19(7-10-24(17)31-16-21-14-22(31)15-30(21)4)27-25-26-12-11-23(28-25)18-5-8-20(9-6-18)29(2)3/h5-13,21-22H,14-16H2,1-4H3,(H,26,27,28). The van der Waals surface area contributed by atoms with Gasteiger partial charge in [0.15, 0.2) is 0 Å². The van der Waals surface area contributed by atoms with E-state index in [0.29, 0.717) is 18.0 Å². The van der Waals surface area contributed by atoms with E-state index in [-0.39, 0.29) is 0 Å². The second-order valence-corrected chi connectivity index (χ2v) is 8.97. The quantitative estimate of drug-likeness (QED) is 0.677. The van der Waals surface area contributed by atoms with Gasteiger partial charge >= 0.3 is 0 Å². The van der Waals surface area contributed by atoms with Crippen LogP contribution in [0.2, 0.25) is 0 Å². The largest absolute Gasteiger partial charge is 0.378 e. The lowest BCUT2D eigenvalue weighted by Gasteiger charge is -2.34. The molecule has 2 aliphatic heterocycles. The molecular weight excluding hydrogens is 384 g/mol. The zero-order chi connectivity index (χ0) is 21.5. The molecule has 0 aliphatic carbocycles. The number of rotatable bonds is 5. The van der Waals surface area contributed by atoms with Gasteiger partial charge in [0.05, 0.1) is 5.69 Å². The number of aromatic nitrogens is 2. The van der Waals surface area contributed by atoms with Crippen molar-refractivity contribution in [2.75, 3.05) is 49.3 Å². The van der Waals surface area contributed by atoms with E-state index in [0.717, 1.165) is 23.5 Å². The fourth-order valence-electron chi connectivity index (χ4n) is 4.86. The van der Waals surface area contributed by atoms with Gasteiger partial charge in [-0.15, -0.1) is 0 Å². The molecule has 2 aliphatic rings. The minimum atomic E-state index is 0.614. The van der Waals surface area contributed by atoms with Gasteiger partial charge in [-0.2, -0.15) is 0 Å². The summed E-state index contributed by atoms with van der Waals surface area (Å²) < 4.78 is 0. The van der Waals surface area contributed by atoms with Crippen molar-refractivity contribution in [2.24, 2.45) is 0 Å². The Balaban J connectivity index is 1.32. The summed E-state index contributed by atoms with van der Waals surface area (Å²) in [4.78, 5) is 16.3. The predicted molar refractivity (Wildman–Crippen MR) is 128 cm³/mol. The maximum Gasteiger partial charge on any atom is 0.227 e. The Hall–Kier alpha value is -3.12. The molecule has 6 heteroatoms. The maximum absolute atomic E-state index is 4.73. The molecule has 5 rings (SSSR count). The molecule has 2 fully saturated rings. The molecule has 160 valence electrons. The van der Waals surface area contributed by atoms with Crippen LogP contribution < -0.4 is 15.1 Å². The summed E-state index contributed by atoms with van der Waals surface area (Å²) in [5, 5.41) is 3.39. The first kappa shape index (κ1) is 19.8. The molecule has 1 N–H and O–H groups in total. The number of hydrogen-bond donors (Lipinski definition) is 1. The molecule has 3 heterocycles. The van der Waals surface area contributed by atoms with E-state index < -0.39 is 0 Å². The highest BCUT2D eigenvalue weighted by Gasteiger charge is 2.41. The zero-order valence-corrected chi connectivity index (χ0v) is 18.7. The molecule has 2 saturated heterocycles. The van der Waals surface area contributed by atoms with Crippen LogP contribution in [0.4, 0.5) is 23.0 Å². The van der Waals surface area contributed by atoms with E-state index in [1.165, 1.54) is 29.9 Å². The summed E-state index contributed by atoms with van der Waals surface area (Å²) in [5.74, 6) is 0.614. The van der Waals surface area contributed by atoms with E-state index in [4.69, 9.17) is 4.98 Å². The highest BCUT2D eigenvalue weighted by atomic mass is 15.3. The van der Waals surface area contributed by atoms with E-state index in [1.807, 2.05) is 26.4 Å². The van der Waals surface area contributed by atoms with Crippen LogP contribution in [0, 0.1) is 6.92 Å². The van der Waals surface area contributed by atoms with Crippen LogP contribution in [-0.2, 0) is 0 Å². The molecule has 31 heavy (non-hydrogen) atoms. The van der Waals surface area contributed by atoms with E-state index in [2.05, 4.69) is 81.4 Å². The summed E-state index contributed by atoms with van der Waals surface area (Å²) in [5.41, 5.74) is 6.81. The van der Waals surface area contributed by atoms with E-state index >= 15 is 0 Å². The third kappa shape index (κ3) is 3.83. The monoisotopic (exact) mass is 414 g/mol. The van der Waals surface area contributed by atoms with Gasteiger partial charge in [-0.05, 0) is 62.4 Å². The number of aryl methyl sites for hydroxylation is 1. The van der Waals surface area contributed by atoms with Crippen molar-refractivity contribution >= 4 is 23.0 Å². The number of hydrogen-bond acceptors (Lipinski definition) is 6. The van der Waals surface area contributed by atoms with Crippen LogP contribution in [0.3, 0.4) is 0 Å². The molecular formula is C25H30N6. The molecule has 0 radical (unpaired) electrons.